The maximum atomic E-state index is 12.9. The third kappa shape index (κ3) is 4.33. The number of piperidine rings is 2. The fraction of sp³-hybridized carbons (Fsp3) is 0.385. The van der Waals surface area contributed by atoms with Gasteiger partial charge >= 0.3 is 5.97 Å². The first kappa shape index (κ1) is 22.3. The van der Waals surface area contributed by atoms with Gasteiger partial charge in [0.2, 0.25) is 11.8 Å². The number of nitrogens with one attached hydrogen (secondary N) is 1. The van der Waals surface area contributed by atoms with Crippen molar-refractivity contribution in [1.82, 2.24) is 15.1 Å². The van der Waals surface area contributed by atoms with Gasteiger partial charge in [0.15, 0.2) is 0 Å². The minimum atomic E-state index is -0.910. The number of benzene rings is 2. The second-order valence-electron chi connectivity index (χ2n) is 9.37. The first-order valence-electron chi connectivity index (χ1n) is 11.7. The first-order valence-corrected chi connectivity index (χ1v) is 11.7. The summed E-state index contributed by atoms with van der Waals surface area (Å²) < 4.78 is 0. The highest BCUT2D eigenvalue weighted by Crippen LogP contribution is 2.34. The summed E-state index contributed by atoms with van der Waals surface area (Å²) in [4.78, 5) is 51.8. The van der Waals surface area contributed by atoms with Gasteiger partial charge in [0, 0.05) is 25.1 Å². The van der Waals surface area contributed by atoms with E-state index in [1.54, 1.807) is 23.1 Å². The van der Waals surface area contributed by atoms with E-state index in [-0.39, 0.29) is 24.1 Å². The van der Waals surface area contributed by atoms with Crippen LogP contribution in [0.5, 0.6) is 0 Å². The number of fused-ring (bicyclic) bond motifs is 1. The van der Waals surface area contributed by atoms with E-state index < -0.39 is 12.0 Å². The van der Waals surface area contributed by atoms with Crippen molar-refractivity contribution >= 4 is 23.7 Å². The summed E-state index contributed by atoms with van der Waals surface area (Å²) in [6, 6.07) is 12.5. The zero-order valence-electron chi connectivity index (χ0n) is 18.8. The van der Waals surface area contributed by atoms with Gasteiger partial charge in [-0.1, -0.05) is 24.3 Å². The molecule has 0 aromatic heterocycles. The highest BCUT2D eigenvalue weighted by molar-refractivity contribution is 6.05. The molecule has 176 valence electrons. The van der Waals surface area contributed by atoms with Crippen LogP contribution in [0.4, 0.5) is 0 Å². The average molecular weight is 462 g/mol. The van der Waals surface area contributed by atoms with Gasteiger partial charge in [-0.25, -0.2) is 4.79 Å². The fourth-order valence-electron chi connectivity index (χ4n) is 5.33. The molecule has 2 N–H and O–H groups in total. The van der Waals surface area contributed by atoms with E-state index in [1.807, 2.05) is 18.2 Å². The van der Waals surface area contributed by atoms with Gasteiger partial charge in [0.1, 0.15) is 6.04 Å². The second kappa shape index (κ2) is 9.02. The van der Waals surface area contributed by atoms with Crippen LogP contribution in [0.3, 0.4) is 0 Å². The van der Waals surface area contributed by atoms with Crippen LogP contribution in [-0.4, -0.2) is 57.7 Å². The zero-order chi connectivity index (χ0) is 23.8. The van der Waals surface area contributed by atoms with Gasteiger partial charge in [-0.05, 0) is 73.2 Å². The van der Waals surface area contributed by atoms with Crippen LogP contribution in [0.2, 0.25) is 0 Å². The molecule has 0 aliphatic carbocycles. The lowest BCUT2D eigenvalue weighted by molar-refractivity contribution is -0.136. The third-order valence-electron chi connectivity index (χ3n) is 7.19. The summed E-state index contributed by atoms with van der Waals surface area (Å²) in [7, 11) is 0. The summed E-state index contributed by atoms with van der Waals surface area (Å²) in [6.07, 6.45) is 2.59. The predicted octanol–water partition coefficient (Wildman–Crippen LogP) is 2.53. The molecule has 2 aromatic rings. The van der Waals surface area contributed by atoms with E-state index in [0.717, 1.165) is 43.6 Å². The number of aromatic carboxylic acids is 1. The first-order chi connectivity index (χ1) is 16.4. The second-order valence-corrected chi connectivity index (χ2v) is 9.37. The minimum Gasteiger partial charge on any atom is -0.478 e. The Morgan fingerprint density at radius 2 is 1.82 bits per heavy atom. The van der Waals surface area contributed by atoms with Crippen molar-refractivity contribution in [3.63, 3.8) is 0 Å². The molecule has 2 aromatic carbocycles. The van der Waals surface area contributed by atoms with Gasteiger partial charge in [0.05, 0.1) is 5.56 Å². The highest BCUT2D eigenvalue weighted by Gasteiger charge is 2.39. The molecule has 2 saturated heterocycles. The molecule has 8 heteroatoms. The molecular weight excluding hydrogens is 434 g/mol. The molecule has 0 bridgehead atoms. The van der Waals surface area contributed by atoms with E-state index in [2.05, 4.69) is 16.3 Å². The lowest BCUT2D eigenvalue weighted by Crippen LogP contribution is -2.52. The zero-order valence-corrected chi connectivity index (χ0v) is 18.8. The number of nitrogens with zero attached hydrogens (tertiary/aromatic N) is 2. The highest BCUT2D eigenvalue weighted by atomic mass is 16.4. The lowest BCUT2D eigenvalue weighted by atomic mass is 9.87. The van der Waals surface area contributed by atoms with Gasteiger partial charge in [-0.3, -0.25) is 24.6 Å². The summed E-state index contributed by atoms with van der Waals surface area (Å²) in [5.41, 5.74) is 4.11. The van der Waals surface area contributed by atoms with Crippen molar-refractivity contribution in [2.24, 2.45) is 0 Å². The molecule has 2 fully saturated rings. The number of amides is 3. The fourth-order valence-corrected chi connectivity index (χ4v) is 5.33. The molecule has 3 aliphatic rings. The van der Waals surface area contributed by atoms with E-state index in [9.17, 15) is 24.3 Å². The summed E-state index contributed by atoms with van der Waals surface area (Å²) in [6.45, 7) is 2.96. The van der Waals surface area contributed by atoms with E-state index >= 15 is 0 Å². The molecule has 34 heavy (non-hydrogen) atoms. The van der Waals surface area contributed by atoms with Gasteiger partial charge in [0.25, 0.3) is 5.91 Å². The average Bonchev–Trinajstić information content (AvgIpc) is 3.15. The van der Waals surface area contributed by atoms with Gasteiger partial charge in [-0.15, -0.1) is 0 Å². The Morgan fingerprint density at radius 1 is 1.03 bits per heavy atom. The van der Waals surface area contributed by atoms with Crippen molar-refractivity contribution in [3.05, 3.63) is 70.3 Å². The quantitative estimate of drug-likeness (QED) is 0.663. The molecular formula is C26H27N3O5. The van der Waals surface area contributed by atoms with Crippen molar-refractivity contribution in [2.75, 3.05) is 13.1 Å². The van der Waals surface area contributed by atoms with Crippen LogP contribution in [0.1, 0.15) is 69.0 Å². The van der Waals surface area contributed by atoms with Crippen LogP contribution in [0.15, 0.2) is 42.5 Å². The van der Waals surface area contributed by atoms with Crippen molar-refractivity contribution in [1.29, 1.82) is 0 Å². The Balaban J connectivity index is 1.22. The molecule has 3 aliphatic heterocycles. The number of carbonyl (C=O) groups is 4. The van der Waals surface area contributed by atoms with Crippen molar-refractivity contribution < 1.29 is 24.3 Å². The minimum absolute atomic E-state index is 0.144. The Bertz CT molecular complexity index is 1170. The van der Waals surface area contributed by atoms with Crippen LogP contribution in [0, 0.1) is 0 Å². The van der Waals surface area contributed by atoms with E-state index in [4.69, 9.17) is 0 Å². The maximum absolute atomic E-state index is 12.9. The summed E-state index contributed by atoms with van der Waals surface area (Å²) in [5.74, 6) is -1.33. The predicted molar refractivity (Wildman–Crippen MR) is 123 cm³/mol. The van der Waals surface area contributed by atoms with Crippen LogP contribution in [-0.2, 0) is 22.7 Å². The number of likely N-dealkylation sites (tertiary alicyclic amines) is 1. The number of imide groups is 1. The standard InChI is InChI=1S/C26H27N3O5/c30-23-7-6-22(24(31)27-23)29-15-20-13-18(4-5-21(20)25(29)32)17-8-10-28(11-9-17)14-16-2-1-3-19(12-16)26(33)34/h1-5,12-13,17,22H,6-11,14-15H2,(H,33,34)(H,27,30,31). The number of carboxylic acids is 1. The Hall–Kier alpha value is -3.52. The van der Waals surface area contributed by atoms with E-state index in [1.165, 1.54) is 5.56 Å². The molecule has 0 saturated carbocycles. The Labute approximate surface area is 197 Å². The van der Waals surface area contributed by atoms with E-state index in [0.29, 0.717) is 30.0 Å². The third-order valence-corrected chi connectivity index (χ3v) is 7.19. The molecule has 0 spiro atoms. The summed E-state index contributed by atoms with van der Waals surface area (Å²) >= 11 is 0. The Kier molecular flexibility index (Phi) is 5.91. The SMILES string of the molecule is O=C1CCC(N2Cc3cc(C4CCN(Cc5cccc(C(=O)O)c5)CC4)ccc3C2=O)C(=O)N1. The van der Waals surface area contributed by atoms with Crippen LogP contribution in [0.25, 0.3) is 0 Å². The monoisotopic (exact) mass is 461 g/mol. The largest absolute Gasteiger partial charge is 0.478 e. The number of carboxylic acid groups (broad SMARTS) is 1. The number of carbonyl (C=O) groups excluding carboxylic acids is 3. The van der Waals surface area contributed by atoms with Gasteiger partial charge in [-0.2, -0.15) is 0 Å². The molecule has 1 atom stereocenters. The molecule has 8 nitrogen and oxygen atoms in total. The van der Waals surface area contributed by atoms with Crippen molar-refractivity contribution in [3.8, 4) is 0 Å². The Morgan fingerprint density at radius 3 is 2.56 bits per heavy atom. The molecule has 0 radical (unpaired) electrons. The normalized spacial score (nSPS) is 21.5. The number of rotatable bonds is 5. The smallest absolute Gasteiger partial charge is 0.335 e. The summed E-state index contributed by atoms with van der Waals surface area (Å²) in [5, 5.41) is 11.5. The molecule has 5 rings (SSSR count). The maximum Gasteiger partial charge on any atom is 0.335 e. The number of hydrogen-bond donors (Lipinski definition) is 2. The topological polar surface area (TPSA) is 107 Å². The molecule has 1 unspecified atom stereocenters. The van der Waals surface area contributed by atoms with Crippen LogP contribution >= 0.6 is 0 Å². The molecule has 3 heterocycles. The molecule has 3 amide bonds. The van der Waals surface area contributed by atoms with Crippen LogP contribution < -0.4 is 5.32 Å². The number of hydrogen-bond acceptors (Lipinski definition) is 5. The van der Waals surface area contributed by atoms with Crippen molar-refractivity contribution in [2.45, 2.75) is 50.7 Å². The lowest BCUT2D eigenvalue weighted by Gasteiger charge is -2.32. The van der Waals surface area contributed by atoms with Gasteiger partial charge < -0.3 is 10.0 Å².